The Hall–Kier alpha value is -2.67. The third-order valence-electron chi connectivity index (χ3n) is 3.75. The molecular weight excluding hydrogens is 405 g/mol. The highest BCUT2D eigenvalue weighted by Crippen LogP contribution is 2.31. The molecule has 0 atom stereocenters. The quantitative estimate of drug-likeness (QED) is 0.293. The van der Waals surface area contributed by atoms with Crippen LogP contribution in [0, 0.1) is 10.1 Å². The second kappa shape index (κ2) is 8.35. The van der Waals surface area contributed by atoms with Gasteiger partial charge in [0, 0.05) is 11.8 Å². The van der Waals surface area contributed by atoms with Crippen molar-refractivity contribution in [2.75, 3.05) is 10.6 Å². The lowest BCUT2D eigenvalue weighted by atomic mass is 10.0. The molecule has 3 aromatic rings. The number of rotatable bonds is 4. The third kappa shape index (κ3) is 4.54. The standard InChI is InChI=1S/C19H13Cl2N3O2S/c20-15-5-3-6-16(18(15)21)23-19(27)22-13-10-8-12(9-11-13)14-4-1-2-7-17(14)24(25)26/h1-11H,(H2,22,23,27). The predicted molar refractivity (Wildman–Crippen MR) is 115 cm³/mol. The van der Waals surface area contributed by atoms with Gasteiger partial charge >= 0.3 is 0 Å². The number of anilines is 2. The minimum Gasteiger partial charge on any atom is -0.332 e. The number of halogens is 2. The fourth-order valence-electron chi connectivity index (χ4n) is 2.50. The van der Waals surface area contributed by atoms with Crippen LogP contribution in [-0.2, 0) is 0 Å². The van der Waals surface area contributed by atoms with Gasteiger partial charge in [0.2, 0.25) is 0 Å². The molecule has 0 amide bonds. The van der Waals surface area contributed by atoms with Gasteiger partial charge in [0.25, 0.3) is 5.69 Å². The summed E-state index contributed by atoms with van der Waals surface area (Å²) in [6.45, 7) is 0. The van der Waals surface area contributed by atoms with Crippen LogP contribution in [0.3, 0.4) is 0 Å². The monoisotopic (exact) mass is 417 g/mol. The molecule has 0 radical (unpaired) electrons. The van der Waals surface area contributed by atoms with Gasteiger partial charge < -0.3 is 10.6 Å². The molecule has 3 rings (SSSR count). The topological polar surface area (TPSA) is 67.2 Å². The van der Waals surface area contributed by atoms with Crippen LogP contribution in [-0.4, -0.2) is 10.0 Å². The first-order chi connectivity index (χ1) is 13.0. The molecule has 27 heavy (non-hydrogen) atoms. The van der Waals surface area contributed by atoms with Crippen LogP contribution < -0.4 is 10.6 Å². The van der Waals surface area contributed by atoms with Crippen LogP contribution in [0.1, 0.15) is 0 Å². The van der Waals surface area contributed by atoms with E-state index in [-0.39, 0.29) is 5.69 Å². The number of hydrogen-bond donors (Lipinski definition) is 2. The van der Waals surface area contributed by atoms with Crippen molar-refractivity contribution in [3.05, 3.63) is 86.9 Å². The van der Waals surface area contributed by atoms with Crippen molar-refractivity contribution in [3.8, 4) is 11.1 Å². The van der Waals surface area contributed by atoms with Gasteiger partial charge in [-0.15, -0.1) is 0 Å². The van der Waals surface area contributed by atoms with Crippen molar-refractivity contribution in [2.24, 2.45) is 0 Å². The largest absolute Gasteiger partial charge is 0.332 e. The lowest BCUT2D eigenvalue weighted by Crippen LogP contribution is -2.19. The maximum Gasteiger partial charge on any atom is 0.277 e. The number of thiocarbonyl (C=S) groups is 1. The van der Waals surface area contributed by atoms with E-state index in [0.717, 1.165) is 11.3 Å². The Balaban J connectivity index is 1.74. The maximum atomic E-state index is 11.2. The first-order valence-corrected chi connectivity index (χ1v) is 8.98. The summed E-state index contributed by atoms with van der Waals surface area (Å²) in [4.78, 5) is 10.8. The van der Waals surface area contributed by atoms with E-state index in [2.05, 4.69) is 10.6 Å². The van der Waals surface area contributed by atoms with Gasteiger partial charge in [-0.2, -0.15) is 0 Å². The molecule has 0 fully saturated rings. The second-order valence-electron chi connectivity index (χ2n) is 5.53. The Kier molecular flexibility index (Phi) is 5.91. The normalized spacial score (nSPS) is 10.3. The predicted octanol–water partition coefficient (Wildman–Crippen LogP) is 6.38. The number of nitro benzene ring substituents is 1. The van der Waals surface area contributed by atoms with Crippen LogP contribution in [0.15, 0.2) is 66.7 Å². The lowest BCUT2D eigenvalue weighted by Gasteiger charge is -2.12. The van der Waals surface area contributed by atoms with Gasteiger partial charge in [0.05, 0.1) is 26.2 Å². The summed E-state index contributed by atoms with van der Waals surface area (Å²) < 4.78 is 0. The van der Waals surface area contributed by atoms with Gasteiger partial charge in [-0.1, -0.05) is 53.5 Å². The Morgan fingerprint density at radius 3 is 2.33 bits per heavy atom. The molecule has 0 bridgehead atoms. The van der Waals surface area contributed by atoms with Crippen LogP contribution in [0.4, 0.5) is 17.1 Å². The van der Waals surface area contributed by atoms with E-state index in [1.54, 1.807) is 60.7 Å². The molecule has 0 unspecified atom stereocenters. The molecule has 0 aliphatic carbocycles. The van der Waals surface area contributed by atoms with E-state index in [1.807, 2.05) is 0 Å². The summed E-state index contributed by atoms with van der Waals surface area (Å²) >= 11 is 17.4. The zero-order chi connectivity index (χ0) is 19.4. The Morgan fingerprint density at radius 2 is 1.63 bits per heavy atom. The van der Waals surface area contributed by atoms with E-state index in [4.69, 9.17) is 35.4 Å². The summed E-state index contributed by atoms with van der Waals surface area (Å²) in [5.74, 6) is 0. The minimum atomic E-state index is -0.394. The molecule has 5 nitrogen and oxygen atoms in total. The number of nitrogens with zero attached hydrogens (tertiary/aromatic N) is 1. The van der Waals surface area contributed by atoms with Gasteiger partial charge in [0.15, 0.2) is 5.11 Å². The van der Waals surface area contributed by atoms with Crippen LogP contribution in [0.25, 0.3) is 11.1 Å². The van der Waals surface area contributed by atoms with Crippen LogP contribution >= 0.6 is 35.4 Å². The number of hydrogen-bond acceptors (Lipinski definition) is 3. The Morgan fingerprint density at radius 1 is 0.926 bits per heavy atom. The molecule has 0 saturated carbocycles. The van der Waals surface area contributed by atoms with Gasteiger partial charge in [-0.05, 0) is 48.1 Å². The van der Waals surface area contributed by atoms with Gasteiger partial charge in [0.1, 0.15) is 0 Å². The summed E-state index contributed by atoms with van der Waals surface area (Å²) in [6, 6.07) is 19.0. The molecule has 3 aromatic carbocycles. The molecule has 0 saturated heterocycles. The van der Waals surface area contributed by atoms with Crippen molar-refractivity contribution in [2.45, 2.75) is 0 Å². The van der Waals surface area contributed by atoms with Gasteiger partial charge in [-0.3, -0.25) is 10.1 Å². The zero-order valence-corrected chi connectivity index (χ0v) is 16.1. The number of para-hydroxylation sites is 1. The SMILES string of the molecule is O=[N+]([O-])c1ccccc1-c1ccc(NC(=S)Nc2cccc(Cl)c2Cl)cc1. The average molecular weight is 418 g/mol. The van der Waals surface area contributed by atoms with Crippen LogP contribution in [0.2, 0.25) is 10.0 Å². The first-order valence-electron chi connectivity index (χ1n) is 7.81. The van der Waals surface area contributed by atoms with E-state index in [1.165, 1.54) is 6.07 Å². The van der Waals surface area contributed by atoms with Crippen LogP contribution in [0.5, 0.6) is 0 Å². The molecule has 0 spiro atoms. The van der Waals surface area contributed by atoms with E-state index in [0.29, 0.717) is 26.4 Å². The fourth-order valence-corrected chi connectivity index (χ4v) is 3.07. The molecule has 0 aliphatic rings. The molecule has 8 heteroatoms. The molecule has 0 aromatic heterocycles. The maximum absolute atomic E-state index is 11.2. The smallest absolute Gasteiger partial charge is 0.277 e. The summed E-state index contributed by atoms with van der Waals surface area (Å²) in [5, 5.41) is 18.4. The summed E-state index contributed by atoms with van der Waals surface area (Å²) in [5.41, 5.74) is 2.68. The van der Waals surface area contributed by atoms with Crippen molar-refractivity contribution in [1.82, 2.24) is 0 Å². The highest BCUT2D eigenvalue weighted by Gasteiger charge is 2.14. The third-order valence-corrected chi connectivity index (χ3v) is 4.78. The summed E-state index contributed by atoms with van der Waals surface area (Å²) in [6.07, 6.45) is 0. The highest BCUT2D eigenvalue weighted by atomic mass is 35.5. The first kappa shape index (κ1) is 19.1. The van der Waals surface area contributed by atoms with Crippen molar-refractivity contribution >= 4 is 57.6 Å². The molecule has 136 valence electrons. The van der Waals surface area contributed by atoms with Gasteiger partial charge in [-0.25, -0.2) is 0 Å². The lowest BCUT2D eigenvalue weighted by molar-refractivity contribution is -0.384. The second-order valence-corrected chi connectivity index (χ2v) is 6.73. The van der Waals surface area contributed by atoms with Crippen molar-refractivity contribution < 1.29 is 4.92 Å². The molecule has 0 heterocycles. The molecule has 2 N–H and O–H groups in total. The molecule has 0 aliphatic heterocycles. The molecular formula is C19H13Cl2N3O2S. The Bertz CT molecular complexity index is 1010. The zero-order valence-electron chi connectivity index (χ0n) is 13.8. The number of nitro groups is 1. The number of nitrogens with one attached hydrogen (secondary N) is 2. The van der Waals surface area contributed by atoms with Crippen molar-refractivity contribution in [3.63, 3.8) is 0 Å². The highest BCUT2D eigenvalue weighted by molar-refractivity contribution is 7.80. The minimum absolute atomic E-state index is 0.0611. The number of benzene rings is 3. The van der Waals surface area contributed by atoms with Crippen molar-refractivity contribution in [1.29, 1.82) is 0 Å². The van der Waals surface area contributed by atoms with E-state index >= 15 is 0 Å². The Labute approximate surface area is 171 Å². The average Bonchev–Trinajstić information content (AvgIpc) is 2.66. The van der Waals surface area contributed by atoms with E-state index in [9.17, 15) is 10.1 Å². The van der Waals surface area contributed by atoms with E-state index < -0.39 is 4.92 Å². The summed E-state index contributed by atoms with van der Waals surface area (Å²) in [7, 11) is 0. The fraction of sp³-hybridized carbons (Fsp3) is 0.